The van der Waals surface area contributed by atoms with Gasteiger partial charge in [-0.2, -0.15) is 4.31 Å². The fourth-order valence-electron chi connectivity index (χ4n) is 2.01. The predicted molar refractivity (Wildman–Crippen MR) is 71.8 cm³/mol. The summed E-state index contributed by atoms with van der Waals surface area (Å²) < 4.78 is 27.6. The van der Waals surface area contributed by atoms with Crippen molar-refractivity contribution in [3.05, 3.63) is 18.0 Å². The fourth-order valence-corrected chi connectivity index (χ4v) is 3.70. The van der Waals surface area contributed by atoms with Gasteiger partial charge in [-0.15, -0.1) is 0 Å². The number of carboxylic acid groups (broad SMARTS) is 1. The van der Waals surface area contributed by atoms with E-state index in [0.29, 0.717) is 13.1 Å². The van der Waals surface area contributed by atoms with Crippen LogP contribution in [0.3, 0.4) is 0 Å². The standard InChI is InChI=1S/C12H20N2O4S/c1-5-13-8-10(7-11(13)12(15)16)19(17,18)14(6-2)9(3)4/h7-9H,5-6H2,1-4H3,(H,15,16). The van der Waals surface area contributed by atoms with E-state index in [9.17, 15) is 13.2 Å². The molecule has 0 aliphatic heterocycles. The highest BCUT2D eigenvalue weighted by atomic mass is 32.2. The van der Waals surface area contributed by atoms with E-state index in [1.165, 1.54) is 21.1 Å². The smallest absolute Gasteiger partial charge is 0.352 e. The number of carboxylic acids is 1. The van der Waals surface area contributed by atoms with E-state index < -0.39 is 16.0 Å². The van der Waals surface area contributed by atoms with Gasteiger partial charge in [0.05, 0.1) is 0 Å². The van der Waals surface area contributed by atoms with Crippen molar-refractivity contribution in [1.29, 1.82) is 0 Å². The molecular formula is C12H20N2O4S. The van der Waals surface area contributed by atoms with Gasteiger partial charge in [0, 0.05) is 25.3 Å². The Morgan fingerprint density at radius 2 is 2.00 bits per heavy atom. The van der Waals surface area contributed by atoms with Gasteiger partial charge < -0.3 is 9.67 Å². The third-order valence-corrected chi connectivity index (χ3v) is 5.04. The number of carbonyl (C=O) groups is 1. The molecule has 0 aromatic carbocycles. The highest BCUT2D eigenvalue weighted by molar-refractivity contribution is 7.89. The second-order valence-corrected chi connectivity index (χ2v) is 6.34. The lowest BCUT2D eigenvalue weighted by Gasteiger charge is -2.23. The first-order valence-electron chi connectivity index (χ1n) is 6.21. The molecule has 7 heteroatoms. The average molecular weight is 288 g/mol. The van der Waals surface area contributed by atoms with Crippen molar-refractivity contribution in [1.82, 2.24) is 8.87 Å². The van der Waals surface area contributed by atoms with Crippen molar-refractivity contribution in [3.8, 4) is 0 Å². The molecule has 0 aliphatic rings. The van der Waals surface area contributed by atoms with Crippen LogP contribution in [0, 0.1) is 0 Å². The summed E-state index contributed by atoms with van der Waals surface area (Å²) in [5, 5.41) is 9.05. The van der Waals surface area contributed by atoms with Gasteiger partial charge in [0.1, 0.15) is 10.6 Å². The van der Waals surface area contributed by atoms with E-state index in [1.807, 2.05) is 0 Å². The molecule has 1 N–H and O–H groups in total. The van der Waals surface area contributed by atoms with Gasteiger partial charge in [-0.3, -0.25) is 0 Å². The van der Waals surface area contributed by atoms with Crippen molar-refractivity contribution >= 4 is 16.0 Å². The van der Waals surface area contributed by atoms with Crippen LogP contribution in [0.4, 0.5) is 0 Å². The van der Waals surface area contributed by atoms with Gasteiger partial charge in [0.25, 0.3) is 0 Å². The molecule has 0 atom stereocenters. The SMILES string of the molecule is CCN(C(C)C)S(=O)(=O)c1cc(C(=O)O)n(CC)c1. The predicted octanol–water partition coefficient (Wildman–Crippen LogP) is 1.63. The molecule has 0 fully saturated rings. The summed E-state index contributed by atoms with van der Waals surface area (Å²) in [5.41, 5.74) is -0.0131. The lowest BCUT2D eigenvalue weighted by Crippen LogP contribution is -2.36. The van der Waals surface area contributed by atoms with Crippen molar-refractivity contribution in [2.24, 2.45) is 0 Å². The maximum absolute atomic E-state index is 12.4. The Hall–Kier alpha value is -1.34. The molecule has 0 radical (unpaired) electrons. The number of aromatic carboxylic acids is 1. The molecule has 0 saturated carbocycles. The Balaban J connectivity index is 3.33. The van der Waals surface area contributed by atoms with Gasteiger partial charge in [-0.05, 0) is 26.8 Å². The van der Waals surface area contributed by atoms with Gasteiger partial charge in [0.15, 0.2) is 0 Å². The summed E-state index contributed by atoms with van der Waals surface area (Å²) in [7, 11) is -3.65. The highest BCUT2D eigenvalue weighted by Crippen LogP contribution is 2.21. The minimum absolute atomic E-state index is 0.0131. The zero-order chi connectivity index (χ0) is 14.8. The molecule has 108 valence electrons. The summed E-state index contributed by atoms with van der Waals surface area (Å²) in [6.07, 6.45) is 1.38. The molecule has 0 bridgehead atoms. The first-order chi connectivity index (χ1) is 8.75. The minimum Gasteiger partial charge on any atom is -0.477 e. The van der Waals surface area contributed by atoms with Crippen LogP contribution >= 0.6 is 0 Å². The van der Waals surface area contributed by atoms with Gasteiger partial charge in [0.2, 0.25) is 10.0 Å². The second kappa shape index (κ2) is 5.75. The quantitative estimate of drug-likeness (QED) is 0.862. The monoisotopic (exact) mass is 288 g/mol. The third-order valence-electron chi connectivity index (χ3n) is 2.93. The van der Waals surface area contributed by atoms with Crippen LogP contribution in [0.2, 0.25) is 0 Å². The number of sulfonamides is 1. The molecule has 6 nitrogen and oxygen atoms in total. The molecule has 1 aromatic heterocycles. The third kappa shape index (κ3) is 2.98. The van der Waals surface area contributed by atoms with Crippen LogP contribution in [0.15, 0.2) is 17.2 Å². The Morgan fingerprint density at radius 3 is 2.32 bits per heavy atom. The minimum atomic E-state index is -3.65. The first kappa shape index (κ1) is 15.7. The Morgan fingerprint density at radius 1 is 1.42 bits per heavy atom. The topological polar surface area (TPSA) is 79.6 Å². The first-order valence-corrected chi connectivity index (χ1v) is 7.65. The maximum atomic E-state index is 12.4. The maximum Gasteiger partial charge on any atom is 0.352 e. The van der Waals surface area contributed by atoms with Crippen LogP contribution in [0.1, 0.15) is 38.2 Å². The molecular weight excluding hydrogens is 268 g/mol. The van der Waals surface area contributed by atoms with Crippen LogP contribution < -0.4 is 0 Å². The molecule has 1 aromatic rings. The van der Waals surface area contributed by atoms with E-state index >= 15 is 0 Å². The normalized spacial score (nSPS) is 12.3. The summed E-state index contributed by atoms with van der Waals surface area (Å²) in [6, 6.07) is 1.04. The van der Waals surface area contributed by atoms with Crippen molar-refractivity contribution in [2.75, 3.05) is 6.54 Å². The summed E-state index contributed by atoms with van der Waals surface area (Å²) in [4.78, 5) is 11.1. The molecule has 0 spiro atoms. The summed E-state index contributed by atoms with van der Waals surface area (Å²) in [6.45, 7) is 7.85. The van der Waals surface area contributed by atoms with Crippen LogP contribution in [-0.2, 0) is 16.6 Å². The summed E-state index contributed by atoms with van der Waals surface area (Å²) in [5.74, 6) is -1.13. The Kier molecular flexibility index (Phi) is 4.75. The van der Waals surface area contributed by atoms with Crippen molar-refractivity contribution < 1.29 is 18.3 Å². The molecule has 0 amide bonds. The van der Waals surface area contributed by atoms with Crippen LogP contribution in [0.25, 0.3) is 0 Å². The number of aromatic nitrogens is 1. The van der Waals surface area contributed by atoms with Crippen molar-refractivity contribution in [2.45, 2.75) is 45.2 Å². The molecule has 1 rings (SSSR count). The molecule has 19 heavy (non-hydrogen) atoms. The van der Waals surface area contributed by atoms with E-state index in [0.717, 1.165) is 0 Å². The zero-order valence-electron chi connectivity index (χ0n) is 11.6. The second-order valence-electron chi connectivity index (χ2n) is 4.45. The van der Waals surface area contributed by atoms with Crippen molar-refractivity contribution in [3.63, 3.8) is 0 Å². The van der Waals surface area contributed by atoms with E-state index in [2.05, 4.69) is 0 Å². The Bertz CT molecular complexity index is 560. The number of nitrogens with zero attached hydrogens (tertiary/aromatic N) is 2. The van der Waals surface area contributed by atoms with Gasteiger partial charge in [-0.25, -0.2) is 13.2 Å². The molecule has 0 unspecified atom stereocenters. The largest absolute Gasteiger partial charge is 0.477 e. The van der Waals surface area contributed by atoms with E-state index in [-0.39, 0.29) is 16.6 Å². The van der Waals surface area contributed by atoms with Crippen LogP contribution in [-0.4, -0.2) is 41.0 Å². The molecule has 1 heterocycles. The lowest BCUT2D eigenvalue weighted by molar-refractivity contribution is 0.0685. The fraction of sp³-hybridized carbons (Fsp3) is 0.583. The summed E-state index contributed by atoms with van der Waals surface area (Å²) >= 11 is 0. The van der Waals surface area contributed by atoms with E-state index in [1.54, 1.807) is 27.7 Å². The van der Waals surface area contributed by atoms with Crippen LogP contribution in [0.5, 0.6) is 0 Å². The Labute approximate surface area is 113 Å². The molecule has 0 aliphatic carbocycles. The number of hydrogen-bond donors (Lipinski definition) is 1. The average Bonchev–Trinajstić information content (AvgIpc) is 2.73. The highest BCUT2D eigenvalue weighted by Gasteiger charge is 2.28. The van der Waals surface area contributed by atoms with Gasteiger partial charge >= 0.3 is 5.97 Å². The number of rotatable bonds is 6. The number of aryl methyl sites for hydroxylation is 1. The molecule has 0 saturated heterocycles. The zero-order valence-corrected chi connectivity index (χ0v) is 12.4. The number of hydrogen-bond acceptors (Lipinski definition) is 3. The lowest BCUT2D eigenvalue weighted by atomic mass is 10.4. The van der Waals surface area contributed by atoms with E-state index in [4.69, 9.17) is 5.11 Å². The van der Waals surface area contributed by atoms with Gasteiger partial charge in [-0.1, -0.05) is 6.92 Å².